The second-order valence-electron chi connectivity index (χ2n) is 4.90. The molecule has 0 heterocycles. The molecule has 0 aliphatic heterocycles. The van der Waals surface area contributed by atoms with Gasteiger partial charge in [0.1, 0.15) is 18.8 Å². The highest BCUT2D eigenvalue weighted by molar-refractivity contribution is 6.30. The van der Waals surface area contributed by atoms with Crippen LogP contribution in [0.5, 0.6) is 5.75 Å². The molecule has 1 amide bonds. The molecule has 8 heteroatoms. The Bertz CT molecular complexity index is 775. The summed E-state index contributed by atoms with van der Waals surface area (Å²) >= 11 is 5.76. The van der Waals surface area contributed by atoms with Gasteiger partial charge in [-0.05, 0) is 42.0 Å². The number of benzene rings is 2. The van der Waals surface area contributed by atoms with E-state index >= 15 is 0 Å². The number of halogens is 1. The molecule has 0 aromatic heterocycles. The Kier molecular flexibility index (Phi) is 6.36. The summed E-state index contributed by atoms with van der Waals surface area (Å²) in [6.07, 6.45) is -1.40. The van der Waals surface area contributed by atoms with Gasteiger partial charge in [0, 0.05) is 10.7 Å². The number of esters is 1. The van der Waals surface area contributed by atoms with Crippen molar-refractivity contribution >= 4 is 35.3 Å². The van der Waals surface area contributed by atoms with Crippen LogP contribution in [0.15, 0.2) is 48.5 Å². The minimum Gasteiger partial charge on any atom is -0.481 e. The van der Waals surface area contributed by atoms with Crippen molar-refractivity contribution in [2.75, 3.05) is 5.32 Å². The van der Waals surface area contributed by atoms with E-state index < -0.39 is 24.5 Å². The lowest BCUT2D eigenvalue weighted by Crippen LogP contribution is -2.16. The summed E-state index contributed by atoms with van der Waals surface area (Å²) in [5.41, 5.74) is 1.07. The lowest BCUT2D eigenvalue weighted by atomic mass is 10.2. The first-order chi connectivity index (χ1) is 11.9. The first-order valence-corrected chi connectivity index (χ1v) is 7.51. The highest BCUT2D eigenvalue weighted by Gasteiger charge is 2.10. The van der Waals surface area contributed by atoms with Crippen LogP contribution in [0.2, 0.25) is 5.02 Å². The topological polar surface area (TPSA) is 102 Å². The van der Waals surface area contributed by atoms with E-state index in [-0.39, 0.29) is 12.4 Å². The molecule has 0 spiro atoms. The Balaban J connectivity index is 1.89. The molecule has 0 bridgehead atoms. The maximum Gasteiger partial charge on any atom is 0.417 e. The van der Waals surface area contributed by atoms with Gasteiger partial charge in [-0.2, -0.15) is 0 Å². The summed E-state index contributed by atoms with van der Waals surface area (Å²) in [6.45, 7) is -0.123. The van der Waals surface area contributed by atoms with Crippen LogP contribution in [0.3, 0.4) is 0 Å². The molecule has 25 heavy (non-hydrogen) atoms. The fourth-order valence-electron chi connectivity index (χ4n) is 1.82. The van der Waals surface area contributed by atoms with Crippen LogP contribution in [0.4, 0.5) is 10.5 Å². The van der Waals surface area contributed by atoms with Gasteiger partial charge in [0.05, 0.1) is 0 Å². The smallest absolute Gasteiger partial charge is 0.417 e. The molecule has 0 atom stereocenters. The summed E-state index contributed by atoms with van der Waals surface area (Å²) in [6, 6.07) is 12.8. The summed E-state index contributed by atoms with van der Waals surface area (Å²) < 4.78 is 9.96. The predicted octanol–water partition coefficient (Wildman–Crippen LogP) is 3.47. The van der Waals surface area contributed by atoms with Crippen LogP contribution in [-0.2, 0) is 20.9 Å². The highest BCUT2D eigenvalue weighted by Crippen LogP contribution is 2.17. The van der Waals surface area contributed by atoms with E-state index in [9.17, 15) is 14.4 Å². The van der Waals surface area contributed by atoms with Crippen molar-refractivity contribution in [1.82, 2.24) is 0 Å². The van der Waals surface area contributed by atoms with Gasteiger partial charge in [0.25, 0.3) is 0 Å². The van der Waals surface area contributed by atoms with E-state index in [0.29, 0.717) is 16.3 Å². The molecule has 0 fully saturated rings. The lowest BCUT2D eigenvalue weighted by molar-refractivity contribution is -0.152. The Morgan fingerprint density at radius 1 is 1.08 bits per heavy atom. The number of hydrogen-bond acceptors (Lipinski definition) is 5. The van der Waals surface area contributed by atoms with Crippen molar-refractivity contribution in [2.45, 2.75) is 13.0 Å². The van der Waals surface area contributed by atoms with Crippen molar-refractivity contribution in [3.63, 3.8) is 0 Å². The number of nitrogens with one attached hydrogen (secondary N) is 1. The number of carboxylic acid groups (broad SMARTS) is 1. The van der Waals surface area contributed by atoms with Crippen LogP contribution in [0.25, 0.3) is 0 Å². The third kappa shape index (κ3) is 6.52. The van der Waals surface area contributed by atoms with E-state index in [0.717, 1.165) is 0 Å². The molecule has 2 N–H and O–H groups in total. The van der Waals surface area contributed by atoms with Gasteiger partial charge in [-0.15, -0.1) is 0 Å². The van der Waals surface area contributed by atoms with E-state index in [2.05, 4.69) is 5.32 Å². The highest BCUT2D eigenvalue weighted by atomic mass is 35.5. The monoisotopic (exact) mass is 363 g/mol. The van der Waals surface area contributed by atoms with Gasteiger partial charge >= 0.3 is 18.0 Å². The molecule has 2 aromatic carbocycles. The first kappa shape index (κ1) is 18.3. The maximum atomic E-state index is 11.8. The third-order valence-electron chi connectivity index (χ3n) is 2.90. The molecule has 0 aliphatic rings. The number of hydrogen-bond donors (Lipinski definition) is 2. The average Bonchev–Trinajstić information content (AvgIpc) is 2.55. The number of aliphatic carboxylic acids is 1. The number of rotatable bonds is 6. The van der Waals surface area contributed by atoms with Crippen molar-refractivity contribution in [3.8, 4) is 5.75 Å². The largest absolute Gasteiger partial charge is 0.481 e. The molecule has 0 unspecified atom stereocenters. The molecular formula is C17H14ClNO6. The zero-order valence-corrected chi connectivity index (χ0v) is 13.7. The molecule has 2 rings (SSSR count). The Morgan fingerprint density at radius 3 is 2.48 bits per heavy atom. The number of carboxylic acids is 1. The van der Waals surface area contributed by atoms with Crippen molar-refractivity contribution in [1.29, 1.82) is 0 Å². The number of anilines is 1. The maximum absolute atomic E-state index is 11.8. The SMILES string of the molecule is O=C(O)CC(=O)OCc1cccc(OC(=O)Nc2ccc(Cl)cc2)c1. The standard InChI is InChI=1S/C17H14ClNO6/c18-12-4-6-13(7-5-12)19-17(23)25-14-3-1-2-11(8-14)10-24-16(22)9-15(20)21/h1-8H,9-10H2,(H,19,23)(H,20,21). The normalized spacial score (nSPS) is 9.96. The van der Waals surface area contributed by atoms with Crippen molar-refractivity contribution in [3.05, 3.63) is 59.1 Å². The number of amides is 1. The number of carbonyl (C=O) groups is 3. The first-order valence-electron chi connectivity index (χ1n) is 7.13. The van der Waals surface area contributed by atoms with E-state index in [4.69, 9.17) is 26.2 Å². The van der Waals surface area contributed by atoms with Gasteiger partial charge in [0.2, 0.25) is 0 Å². The molecule has 2 aromatic rings. The van der Waals surface area contributed by atoms with Crippen LogP contribution in [-0.4, -0.2) is 23.1 Å². The van der Waals surface area contributed by atoms with Crippen LogP contribution in [0.1, 0.15) is 12.0 Å². The van der Waals surface area contributed by atoms with E-state index in [1.807, 2.05) is 0 Å². The van der Waals surface area contributed by atoms with Crippen molar-refractivity contribution < 1.29 is 29.0 Å². The fourth-order valence-corrected chi connectivity index (χ4v) is 1.95. The second kappa shape index (κ2) is 8.70. The second-order valence-corrected chi connectivity index (χ2v) is 5.34. The van der Waals surface area contributed by atoms with E-state index in [1.54, 1.807) is 42.5 Å². The summed E-state index contributed by atoms with van der Waals surface area (Å²) in [7, 11) is 0. The minimum absolute atomic E-state index is 0.123. The molecule has 130 valence electrons. The van der Waals surface area contributed by atoms with Gasteiger partial charge in [-0.25, -0.2) is 4.79 Å². The van der Waals surface area contributed by atoms with Gasteiger partial charge in [0.15, 0.2) is 0 Å². The predicted molar refractivity (Wildman–Crippen MR) is 89.6 cm³/mol. The average molecular weight is 364 g/mol. The van der Waals surface area contributed by atoms with Gasteiger partial charge in [-0.3, -0.25) is 14.9 Å². The van der Waals surface area contributed by atoms with Crippen LogP contribution < -0.4 is 10.1 Å². The molecule has 0 saturated heterocycles. The Morgan fingerprint density at radius 2 is 1.80 bits per heavy atom. The van der Waals surface area contributed by atoms with Crippen LogP contribution in [0, 0.1) is 0 Å². The lowest BCUT2D eigenvalue weighted by Gasteiger charge is -2.08. The molecule has 0 aliphatic carbocycles. The number of carbonyl (C=O) groups excluding carboxylic acids is 2. The zero-order chi connectivity index (χ0) is 18.2. The third-order valence-corrected chi connectivity index (χ3v) is 3.15. The Labute approximate surface area is 148 Å². The fraction of sp³-hybridized carbons (Fsp3) is 0.118. The molecule has 7 nitrogen and oxygen atoms in total. The molecular weight excluding hydrogens is 350 g/mol. The molecule has 0 radical (unpaired) electrons. The quantitative estimate of drug-likeness (QED) is 0.602. The number of ether oxygens (including phenoxy) is 2. The molecule has 0 saturated carbocycles. The van der Waals surface area contributed by atoms with Gasteiger partial charge in [-0.1, -0.05) is 23.7 Å². The van der Waals surface area contributed by atoms with E-state index in [1.165, 1.54) is 6.07 Å². The van der Waals surface area contributed by atoms with Gasteiger partial charge < -0.3 is 14.6 Å². The Hall–Kier alpha value is -3.06. The minimum atomic E-state index is -1.26. The summed E-state index contributed by atoms with van der Waals surface area (Å²) in [5, 5.41) is 11.6. The summed E-state index contributed by atoms with van der Waals surface area (Å²) in [5.74, 6) is -1.86. The van der Waals surface area contributed by atoms with Crippen LogP contribution >= 0.6 is 11.6 Å². The van der Waals surface area contributed by atoms with Crippen molar-refractivity contribution in [2.24, 2.45) is 0 Å². The summed E-state index contributed by atoms with van der Waals surface area (Å²) in [4.78, 5) is 33.4. The zero-order valence-electron chi connectivity index (χ0n) is 12.9.